The van der Waals surface area contributed by atoms with Crippen molar-refractivity contribution in [1.29, 1.82) is 0 Å². The Kier molecular flexibility index (Phi) is 5.50. The number of para-hydroxylation sites is 1. The lowest BCUT2D eigenvalue weighted by molar-refractivity contribution is 0.0741. The molecular formula is C17H20ClNO3. The van der Waals surface area contributed by atoms with E-state index in [-0.39, 0.29) is 5.91 Å². The van der Waals surface area contributed by atoms with Crippen LogP contribution in [0.2, 0.25) is 0 Å². The van der Waals surface area contributed by atoms with E-state index in [1.54, 1.807) is 24.9 Å². The van der Waals surface area contributed by atoms with Crippen molar-refractivity contribution < 1.29 is 13.9 Å². The van der Waals surface area contributed by atoms with Crippen molar-refractivity contribution >= 4 is 17.5 Å². The van der Waals surface area contributed by atoms with Crippen molar-refractivity contribution in [3.05, 3.63) is 53.0 Å². The number of amides is 1. The monoisotopic (exact) mass is 321 g/mol. The Morgan fingerprint density at radius 3 is 2.68 bits per heavy atom. The van der Waals surface area contributed by atoms with Gasteiger partial charge in [-0.15, -0.1) is 11.6 Å². The molecule has 1 aromatic heterocycles. The number of halogens is 1. The first-order valence-corrected chi connectivity index (χ1v) is 7.65. The number of carbonyl (C=O) groups is 1. The van der Waals surface area contributed by atoms with Gasteiger partial charge in [0, 0.05) is 12.6 Å². The average molecular weight is 322 g/mol. The number of benzene rings is 1. The van der Waals surface area contributed by atoms with Gasteiger partial charge in [0.2, 0.25) is 0 Å². The number of likely N-dealkylation sites (N-methyl/N-ethyl adjacent to an activating group) is 1. The first-order chi connectivity index (χ1) is 10.5. The Morgan fingerprint density at radius 1 is 1.32 bits per heavy atom. The van der Waals surface area contributed by atoms with E-state index in [0.717, 1.165) is 16.9 Å². The summed E-state index contributed by atoms with van der Waals surface area (Å²) in [4.78, 5) is 13.8. The quantitative estimate of drug-likeness (QED) is 0.760. The fraction of sp³-hybridized carbons (Fsp3) is 0.353. The van der Waals surface area contributed by atoms with Crippen molar-refractivity contribution in [1.82, 2.24) is 4.90 Å². The summed E-state index contributed by atoms with van der Waals surface area (Å²) < 4.78 is 11.2. The minimum atomic E-state index is -0.173. The minimum absolute atomic E-state index is 0.173. The molecule has 0 unspecified atom stereocenters. The van der Waals surface area contributed by atoms with Crippen LogP contribution in [0.1, 0.15) is 27.4 Å². The fourth-order valence-corrected chi connectivity index (χ4v) is 2.32. The average Bonchev–Trinajstić information content (AvgIpc) is 2.89. The molecule has 0 atom stereocenters. The highest BCUT2D eigenvalue weighted by Crippen LogP contribution is 2.18. The summed E-state index contributed by atoms with van der Waals surface area (Å²) in [5.41, 5.74) is 1.92. The lowest BCUT2D eigenvalue weighted by Crippen LogP contribution is -2.30. The molecule has 0 spiro atoms. The molecule has 4 nitrogen and oxygen atoms in total. The van der Waals surface area contributed by atoms with E-state index in [0.29, 0.717) is 30.6 Å². The van der Waals surface area contributed by atoms with Crippen molar-refractivity contribution in [3.8, 4) is 5.75 Å². The topological polar surface area (TPSA) is 42.7 Å². The summed E-state index contributed by atoms with van der Waals surface area (Å²) >= 11 is 5.79. The van der Waals surface area contributed by atoms with Gasteiger partial charge in [0.25, 0.3) is 5.91 Å². The van der Waals surface area contributed by atoms with Gasteiger partial charge in [0.15, 0.2) is 5.76 Å². The predicted octanol–water partition coefficient (Wildman–Crippen LogP) is 3.79. The second-order valence-corrected chi connectivity index (χ2v) is 5.43. The zero-order valence-electron chi connectivity index (χ0n) is 13.1. The van der Waals surface area contributed by atoms with Crippen LogP contribution in [0.4, 0.5) is 0 Å². The molecule has 0 bridgehead atoms. The number of ether oxygens (including phenoxy) is 1. The number of rotatable bonds is 6. The van der Waals surface area contributed by atoms with Crippen LogP contribution in [0.25, 0.3) is 0 Å². The van der Waals surface area contributed by atoms with Gasteiger partial charge < -0.3 is 14.1 Å². The highest BCUT2D eigenvalue weighted by atomic mass is 35.5. The van der Waals surface area contributed by atoms with E-state index in [1.807, 2.05) is 31.2 Å². The molecule has 1 aromatic carbocycles. The fourth-order valence-electron chi connectivity index (χ4n) is 2.06. The molecule has 118 valence electrons. The van der Waals surface area contributed by atoms with E-state index in [4.69, 9.17) is 20.8 Å². The number of aryl methyl sites for hydroxylation is 2. The maximum atomic E-state index is 12.3. The molecule has 0 saturated carbocycles. The van der Waals surface area contributed by atoms with Gasteiger partial charge in [0.1, 0.15) is 18.1 Å². The maximum absolute atomic E-state index is 12.3. The molecule has 0 saturated heterocycles. The molecule has 0 fully saturated rings. The van der Waals surface area contributed by atoms with Gasteiger partial charge in [0.05, 0.1) is 12.4 Å². The summed E-state index contributed by atoms with van der Waals surface area (Å²) in [6, 6.07) is 9.49. The van der Waals surface area contributed by atoms with Crippen molar-refractivity contribution in [3.63, 3.8) is 0 Å². The summed E-state index contributed by atoms with van der Waals surface area (Å²) in [5, 5.41) is 0. The molecule has 1 heterocycles. The number of alkyl halides is 1. The first kappa shape index (κ1) is 16.4. The zero-order chi connectivity index (χ0) is 16.1. The Labute approximate surface area is 135 Å². The molecule has 0 aliphatic heterocycles. The standard InChI is InChI=1S/C17H20ClNO3/c1-12-6-4-5-7-15(12)21-9-8-19(3)17(20)16-10-14(11-18)13(2)22-16/h4-7,10H,8-9,11H2,1-3H3. The highest BCUT2D eigenvalue weighted by molar-refractivity contribution is 6.17. The molecular weight excluding hydrogens is 302 g/mol. The molecule has 0 aliphatic carbocycles. The lowest BCUT2D eigenvalue weighted by Gasteiger charge is -2.16. The molecule has 0 radical (unpaired) electrons. The molecule has 5 heteroatoms. The predicted molar refractivity (Wildman–Crippen MR) is 86.6 cm³/mol. The first-order valence-electron chi connectivity index (χ1n) is 7.12. The van der Waals surface area contributed by atoms with E-state index in [9.17, 15) is 4.79 Å². The van der Waals surface area contributed by atoms with Crippen LogP contribution in [0.15, 0.2) is 34.7 Å². The Morgan fingerprint density at radius 2 is 2.05 bits per heavy atom. The number of hydrogen-bond acceptors (Lipinski definition) is 3. The van der Waals surface area contributed by atoms with E-state index >= 15 is 0 Å². The number of furan rings is 1. The van der Waals surface area contributed by atoms with Crippen LogP contribution in [-0.4, -0.2) is 31.0 Å². The SMILES string of the molecule is Cc1ccccc1OCCN(C)C(=O)c1cc(CCl)c(C)o1. The Hall–Kier alpha value is -1.94. The van der Waals surface area contributed by atoms with Crippen molar-refractivity contribution in [2.45, 2.75) is 19.7 Å². The van der Waals surface area contributed by atoms with Gasteiger partial charge in [-0.3, -0.25) is 4.79 Å². The largest absolute Gasteiger partial charge is 0.491 e. The molecule has 2 aromatic rings. The smallest absolute Gasteiger partial charge is 0.289 e. The Balaban J connectivity index is 1.90. The van der Waals surface area contributed by atoms with Crippen LogP contribution < -0.4 is 4.74 Å². The summed E-state index contributed by atoms with van der Waals surface area (Å²) in [5.74, 6) is 1.99. The van der Waals surface area contributed by atoms with Gasteiger partial charge in [-0.2, -0.15) is 0 Å². The molecule has 1 amide bonds. The highest BCUT2D eigenvalue weighted by Gasteiger charge is 2.17. The second-order valence-electron chi connectivity index (χ2n) is 5.17. The summed E-state index contributed by atoms with van der Waals surface area (Å²) in [7, 11) is 1.72. The van der Waals surface area contributed by atoms with E-state index in [2.05, 4.69) is 0 Å². The third-order valence-corrected chi connectivity index (χ3v) is 3.79. The molecule has 22 heavy (non-hydrogen) atoms. The van der Waals surface area contributed by atoms with Gasteiger partial charge in [-0.25, -0.2) is 0 Å². The molecule has 0 aliphatic rings. The van der Waals surface area contributed by atoms with Crippen LogP contribution in [0, 0.1) is 13.8 Å². The van der Waals surface area contributed by atoms with E-state index < -0.39 is 0 Å². The third kappa shape index (κ3) is 3.83. The lowest BCUT2D eigenvalue weighted by atomic mass is 10.2. The second kappa shape index (κ2) is 7.36. The van der Waals surface area contributed by atoms with Crippen molar-refractivity contribution in [2.24, 2.45) is 0 Å². The van der Waals surface area contributed by atoms with E-state index in [1.165, 1.54) is 0 Å². The summed E-state index contributed by atoms with van der Waals surface area (Å²) in [6.45, 7) is 4.69. The van der Waals surface area contributed by atoms with Crippen molar-refractivity contribution in [2.75, 3.05) is 20.2 Å². The normalized spacial score (nSPS) is 10.5. The third-order valence-electron chi connectivity index (χ3n) is 3.50. The van der Waals surface area contributed by atoms with Crippen LogP contribution in [-0.2, 0) is 5.88 Å². The maximum Gasteiger partial charge on any atom is 0.289 e. The van der Waals surface area contributed by atoms with Gasteiger partial charge in [-0.05, 0) is 31.5 Å². The molecule has 0 N–H and O–H groups in total. The minimum Gasteiger partial charge on any atom is -0.491 e. The van der Waals surface area contributed by atoms with Crippen LogP contribution in [0.3, 0.4) is 0 Å². The number of nitrogens with zero attached hydrogens (tertiary/aromatic N) is 1. The summed E-state index contributed by atoms with van der Waals surface area (Å²) in [6.07, 6.45) is 0. The van der Waals surface area contributed by atoms with Gasteiger partial charge in [-0.1, -0.05) is 18.2 Å². The molecule has 2 rings (SSSR count). The van der Waals surface area contributed by atoms with Crippen LogP contribution >= 0.6 is 11.6 Å². The number of hydrogen-bond donors (Lipinski definition) is 0. The van der Waals surface area contributed by atoms with Crippen LogP contribution in [0.5, 0.6) is 5.75 Å². The number of carbonyl (C=O) groups excluding carboxylic acids is 1. The van der Waals surface area contributed by atoms with Gasteiger partial charge >= 0.3 is 0 Å². The zero-order valence-corrected chi connectivity index (χ0v) is 13.8. The Bertz CT molecular complexity index is 651.